The first kappa shape index (κ1) is 27.6. The van der Waals surface area contributed by atoms with Crippen molar-refractivity contribution in [2.24, 2.45) is 5.73 Å². The lowest BCUT2D eigenvalue weighted by molar-refractivity contribution is -0.141. The van der Waals surface area contributed by atoms with Crippen molar-refractivity contribution in [3.05, 3.63) is 29.8 Å². The number of aliphatic hydroxyl groups is 1. The number of carbonyl (C=O) groups is 4. The molecule has 0 aliphatic rings. The Morgan fingerprint density at radius 2 is 1.50 bits per heavy atom. The molecule has 0 aliphatic heterocycles. The number of phenols is 1. The van der Waals surface area contributed by atoms with Crippen molar-refractivity contribution >= 4 is 48.9 Å². The summed E-state index contributed by atoms with van der Waals surface area (Å²) in [6.45, 7) is 1.27. The number of benzene rings is 1. The minimum Gasteiger partial charge on any atom is -0.508 e. The number of rotatable bonds is 12. The lowest BCUT2D eigenvalue weighted by Gasteiger charge is -2.26. The standard InChI is InChI=1S/C19H28N4O7S2/c1-9(24)15(23-16(26)12(20)7-31)18(28)21-13(6-10-2-4-11(25)5-3-10)17(27)22-14(8-32)19(29)30/h2-5,9,12-15,24-25,31-32H,6-8,20H2,1H3,(H,21,28)(H,22,27)(H,23,26)(H,29,30). The molecule has 0 radical (unpaired) electrons. The molecule has 0 saturated carbocycles. The number of carboxylic acids is 1. The second kappa shape index (κ2) is 13.2. The molecule has 5 unspecified atom stereocenters. The molecule has 0 spiro atoms. The van der Waals surface area contributed by atoms with Crippen LogP contribution in [0, 0.1) is 0 Å². The fourth-order valence-electron chi connectivity index (χ4n) is 2.54. The van der Waals surface area contributed by atoms with E-state index in [1.54, 1.807) is 0 Å². The normalized spacial score (nSPS) is 15.5. The first-order valence-electron chi connectivity index (χ1n) is 9.57. The number of hydrogen-bond donors (Lipinski definition) is 9. The van der Waals surface area contributed by atoms with E-state index >= 15 is 0 Å². The van der Waals surface area contributed by atoms with Crippen LogP contribution in [0.4, 0.5) is 0 Å². The predicted molar refractivity (Wildman–Crippen MR) is 123 cm³/mol. The quantitative estimate of drug-likeness (QED) is 0.151. The van der Waals surface area contributed by atoms with Gasteiger partial charge in [0.2, 0.25) is 17.7 Å². The van der Waals surface area contributed by atoms with Crippen LogP contribution >= 0.6 is 25.3 Å². The van der Waals surface area contributed by atoms with Gasteiger partial charge in [-0.25, -0.2) is 4.79 Å². The first-order valence-corrected chi connectivity index (χ1v) is 10.8. The molecule has 0 saturated heterocycles. The van der Waals surface area contributed by atoms with E-state index in [2.05, 4.69) is 41.2 Å². The molecule has 0 fully saturated rings. The molecule has 0 bridgehead atoms. The van der Waals surface area contributed by atoms with E-state index < -0.39 is 54.0 Å². The van der Waals surface area contributed by atoms with Crippen LogP contribution in [0.2, 0.25) is 0 Å². The van der Waals surface area contributed by atoms with Gasteiger partial charge in [-0.15, -0.1) is 0 Å². The third-order valence-electron chi connectivity index (χ3n) is 4.40. The van der Waals surface area contributed by atoms with Gasteiger partial charge in [-0.1, -0.05) is 12.1 Å². The van der Waals surface area contributed by atoms with Gasteiger partial charge in [0.15, 0.2) is 0 Å². The molecule has 1 aromatic rings. The Bertz CT molecular complexity index is 807. The number of aliphatic carboxylic acids is 1. The number of hydrogen-bond acceptors (Lipinski definition) is 9. The average Bonchev–Trinajstić information content (AvgIpc) is 2.75. The summed E-state index contributed by atoms with van der Waals surface area (Å²) in [7, 11) is 0. The van der Waals surface area contributed by atoms with Gasteiger partial charge in [0.1, 0.15) is 23.9 Å². The van der Waals surface area contributed by atoms with Crippen molar-refractivity contribution in [2.45, 2.75) is 43.6 Å². The molecule has 0 aromatic heterocycles. The third-order valence-corrected chi connectivity index (χ3v) is 5.16. The monoisotopic (exact) mass is 488 g/mol. The van der Waals surface area contributed by atoms with Crippen molar-refractivity contribution in [1.82, 2.24) is 16.0 Å². The number of carbonyl (C=O) groups excluding carboxylic acids is 3. The molecular formula is C19H28N4O7S2. The fraction of sp³-hybridized carbons (Fsp3) is 0.474. The molecule has 11 nitrogen and oxygen atoms in total. The number of aliphatic hydroxyl groups excluding tert-OH is 1. The smallest absolute Gasteiger partial charge is 0.327 e. The highest BCUT2D eigenvalue weighted by Crippen LogP contribution is 2.12. The zero-order valence-corrected chi connectivity index (χ0v) is 19.1. The zero-order chi connectivity index (χ0) is 24.4. The fourth-order valence-corrected chi connectivity index (χ4v) is 2.96. The zero-order valence-electron chi connectivity index (χ0n) is 17.3. The van der Waals surface area contributed by atoms with Crippen LogP contribution in [0.15, 0.2) is 24.3 Å². The molecular weight excluding hydrogens is 460 g/mol. The van der Waals surface area contributed by atoms with Gasteiger partial charge in [-0.2, -0.15) is 25.3 Å². The molecule has 1 rings (SSSR count). The maximum Gasteiger partial charge on any atom is 0.327 e. The number of aromatic hydroxyl groups is 1. The van der Waals surface area contributed by atoms with Gasteiger partial charge in [0.05, 0.1) is 12.1 Å². The van der Waals surface area contributed by atoms with Crippen molar-refractivity contribution in [1.29, 1.82) is 0 Å². The molecule has 8 N–H and O–H groups in total. The van der Waals surface area contributed by atoms with Gasteiger partial charge in [0.25, 0.3) is 0 Å². The Morgan fingerprint density at radius 3 is 1.97 bits per heavy atom. The minimum atomic E-state index is -1.43. The summed E-state index contributed by atoms with van der Waals surface area (Å²) in [5, 5.41) is 35.6. The summed E-state index contributed by atoms with van der Waals surface area (Å²) in [6, 6.07) is 0.813. The SMILES string of the molecule is CC(O)C(NC(=O)C(N)CS)C(=O)NC(Cc1ccc(O)cc1)C(=O)NC(CS)C(=O)O. The highest BCUT2D eigenvalue weighted by Gasteiger charge is 2.32. The number of phenolic OH excluding ortho intramolecular Hbond substituents is 1. The van der Waals surface area contributed by atoms with Crippen LogP contribution in [-0.2, 0) is 25.6 Å². The average molecular weight is 489 g/mol. The summed E-state index contributed by atoms with van der Waals surface area (Å²) in [5.41, 5.74) is 6.13. The molecule has 32 heavy (non-hydrogen) atoms. The maximum atomic E-state index is 12.8. The summed E-state index contributed by atoms with van der Waals surface area (Å²) in [5.74, 6) is -3.90. The Hall–Kier alpha value is -2.48. The number of thiol groups is 2. The lowest BCUT2D eigenvalue weighted by atomic mass is 10.0. The van der Waals surface area contributed by atoms with E-state index in [0.29, 0.717) is 5.56 Å². The van der Waals surface area contributed by atoms with Gasteiger partial charge in [-0.05, 0) is 24.6 Å². The third kappa shape index (κ3) is 8.57. The van der Waals surface area contributed by atoms with Gasteiger partial charge in [0, 0.05) is 17.9 Å². The van der Waals surface area contributed by atoms with E-state index in [9.17, 15) is 29.4 Å². The Kier molecular flexibility index (Phi) is 11.3. The maximum absolute atomic E-state index is 12.8. The van der Waals surface area contributed by atoms with E-state index in [1.165, 1.54) is 31.2 Å². The molecule has 5 atom stereocenters. The second-order valence-corrected chi connectivity index (χ2v) is 7.76. The molecule has 13 heteroatoms. The van der Waals surface area contributed by atoms with Crippen LogP contribution in [0.1, 0.15) is 12.5 Å². The van der Waals surface area contributed by atoms with Crippen LogP contribution in [0.3, 0.4) is 0 Å². The molecule has 1 aromatic carbocycles. The summed E-state index contributed by atoms with van der Waals surface area (Å²) >= 11 is 7.80. The highest BCUT2D eigenvalue weighted by molar-refractivity contribution is 7.80. The van der Waals surface area contributed by atoms with Crippen molar-refractivity contribution in [3.8, 4) is 5.75 Å². The molecule has 178 valence electrons. The molecule has 3 amide bonds. The first-order chi connectivity index (χ1) is 15.0. The minimum absolute atomic E-state index is 0.00258. The second-order valence-electron chi connectivity index (χ2n) is 7.03. The van der Waals surface area contributed by atoms with Crippen molar-refractivity contribution in [2.75, 3.05) is 11.5 Å². The largest absolute Gasteiger partial charge is 0.508 e. The topological polar surface area (TPSA) is 191 Å². The number of carboxylic acid groups (broad SMARTS) is 1. The molecule has 0 heterocycles. The Balaban J connectivity index is 3.08. The van der Waals surface area contributed by atoms with Crippen molar-refractivity contribution in [3.63, 3.8) is 0 Å². The van der Waals surface area contributed by atoms with Gasteiger partial charge >= 0.3 is 5.97 Å². The Labute approximate surface area is 196 Å². The van der Waals surface area contributed by atoms with E-state index in [4.69, 9.17) is 10.8 Å². The number of nitrogens with one attached hydrogen (secondary N) is 3. The molecule has 0 aliphatic carbocycles. The van der Waals surface area contributed by atoms with Crippen LogP contribution in [0.25, 0.3) is 0 Å². The van der Waals surface area contributed by atoms with Crippen LogP contribution < -0.4 is 21.7 Å². The van der Waals surface area contributed by atoms with E-state index in [-0.39, 0.29) is 23.7 Å². The number of nitrogens with two attached hydrogens (primary N) is 1. The van der Waals surface area contributed by atoms with Crippen molar-refractivity contribution < 1.29 is 34.5 Å². The number of amides is 3. The predicted octanol–water partition coefficient (Wildman–Crippen LogP) is -1.96. The van der Waals surface area contributed by atoms with Gasteiger partial charge < -0.3 is 37.0 Å². The summed E-state index contributed by atoms with van der Waals surface area (Å²) < 4.78 is 0. The summed E-state index contributed by atoms with van der Waals surface area (Å²) in [6.07, 6.45) is -1.39. The van der Waals surface area contributed by atoms with E-state index in [0.717, 1.165) is 0 Å². The highest BCUT2D eigenvalue weighted by atomic mass is 32.1. The Morgan fingerprint density at radius 1 is 0.938 bits per heavy atom. The van der Waals surface area contributed by atoms with Crippen LogP contribution in [-0.4, -0.2) is 80.8 Å². The van der Waals surface area contributed by atoms with E-state index in [1.807, 2.05) is 0 Å². The van der Waals surface area contributed by atoms with Gasteiger partial charge in [-0.3, -0.25) is 14.4 Å². The lowest BCUT2D eigenvalue weighted by Crippen LogP contribution is -2.60. The van der Waals surface area contributed by atoms with Crippen LogP contribution in [0.5, 0.6) is 5.75 Å². The summed E-state index contributed by atoms with van der Waals surface area (Å²) in [4.78, 5) is 48.8.